The first-order valence-electron chi connectivity index (χ1n) is 6.12. The average molecular weight is 216 g/mol. The second-order valence-corrected chi connectivity index (χ2v) is 4.85. The molecule has 0 heterocycles. The summed E-state index contributed by atoms with van der Waals surface area (Å²) in [7, 11) is 0. The van der Waals surface area contributed by atoms with Gasteiger partial charge in [-0.05, 0) is 42.9 Å². The number of carbonyl (C=O) groups is 1. The molecule has 1 aromatic rings. The molecule has 0 atom stereocenters. The van der Waals surface area contributed by atoms with Gasteiger partial charge in [0.25, 0.3) is 0 Å². The van der Waals surface area contributed by atoms with Gasteiger partial charge in [-0.3, -0.25) is 4.79 Å². The third-order valence-electron chi connectivity index (χ3n) is 3.71. The van der Waals surface area contributed by atoms with Crippen LogP contribution in [0.4, 0.5) is 0 Å². The zero-order chi connectivity index (χ0) is 11.0. The van der Waals surface area contributed by atoms with Gasteiger partial charge in [-0.1, -0.05) is 12.5 Å². The molecule has 2 nitrogen and oxygen atoms in total. The highest BCUT2D eigenvalue weighted by Crippen LogP contribution is 2.29. The molecule has 0 saturated heterocycles. The zero-order valence-corrected chi connectivity index (χ0v) is 9.37. The largest absolute Gasteiger partial charge is 0.493 e. The normalized spacial score (nSPS) is 19.4. The van der Waals surface area contributed by atoms with E-state index in [0.717, 1.165) is 30.3 Å². The predicted molar refractivity (Wildman–Crippen MR) is 61.9 cm³/mol. The summed E-state index contributed by atoms with van der Waals surface area (Å²) in [6.07, 6.45) is 5.50. The first-order chi connectivity index (χ1) is 7.83. The monoisotopic (exact) mass is 216 g/mol. The van der Waals surface area contributed by atoms with Crippen LogP contribution < -0.4 is 4.74 Å². The summed E-state index contributed by atoms with van der Waals surface area (Å²) in [5.74, 6) is 1.87. The van der Waals surface area contributed by atoms with E-state index in [2.05, 4.69) is 0 Å². The number of aryl methyl sites for hydroxylation is 1. The second-order valence-electron chi connectivity index (χ2n) is 4.85. The van der Waals surface area contributed by atoms with Gasteiger partial charge in [0.2, 0.25) is 0 Å². The maximum absolute atomic E-state index is 11.6. The number of ketones is 1. The van der Waals surface area contributed by atoms with Gasteiger partial charge in [-0.25, -0.2) is 0 Å². The van der Waals surface area contributed by atoms with E-state index in [1.165, 1.54) is 24.8 Å². The van der Waals surface area contributed by atoms with Crippen LogP contribution in [0.15, 0.2) is 18.2 Å². The Morgan fingerprint density at radius 3 is 2.88 bits per heavy atom. The lowest BCUT2D eigenvalue weighted by molar-refractivity contribution is 0.0994. The Labute approximate surface area is 95.6 Å². The molecule has 1 aromatic carbocycles. The molecule has 2 aliphatic carbocycles. The van der Waals surface area contributed by atoms with Crippen LogP contribution in [-0.4, -0.2) is 12.4 Å². The summed E-state index contributed by atoms with van der Waals surface area (Å²) in [4.78, 5) is 11.6. The molecule has 0 aromatic heterocycles. The van der Waals surface area contributed by atoms with Crippen LogP contribution in [0.5, 0.6) is 5.75 Å². The van der Waals surface area contributed by atoms with E-state index in [9.17, 15) is 4.79 Å². The van der Waals surface area contributed by atoms with Crippen molar-refractivity contribution >= 4 is 5.78 Å². The minimum Gasteiger partial charge on any atom is -0.493 e. The maximum Gasteiger partial charge on any atom is 0.163 e. The standard InChI is InChI=1S/C14H16O2/c15-14-7-5-11-4-6-12(8-13(11)14)16-9-10-2-1-3-10/h4,6,8,10H,1-3,5,7,9H2. The van der Waals surface area contributed by atoms with Crippen molar-refractivity contribution in [3.63, 3.8) is 0 Å². The zero-order valence-electron chi connectivity index (χ0n) is 9.37. The van der Waals surface area contributed by atoms with Crippen LogP contribution in [0.3, 0.4) is 0 Å². The van der Waals surface area contributed by atoms with Crippen molar-refractivity contribution in [3.8, 4) is 5.75 Å². The number of rotatable bonds is 3. The SMILES string of the molecule is O=C1CCc2ccc(OCC3CCC3)cc21. The fourth-order valence-corrected chi connectivity index (χ4v) is 2.38. The van der Waals surface area contributed by atoms with Crippen LogP contribution in [0.1, 0.15) is 41.6 Å². The lowest BCUT2D eigenvalue weighted by Crippen LogP contribution is -2.19. The first kappa shape index (κ1) is 9.88. The smallest absolute Gasteiger partial charge is 0.163 e. The van der Waals surface area contributed by atoms with Gasteiger partial charge in [0, 0.05) is 12.0 Å². The number of ether oxygens (including phenoxy) is 1. The van der Waals surface area contributed by atoms with E-state index in [1.807, 2.05) is 18.2 Å². The Bertz CT molecular complexity index is 419. The van der Waals surface area contributed by atoms with Crippen molar-refractivity contribution in [2.24, 2.45) is 5.92 Å². The molecular formula is C14H16O2. The average Bonchev–Trinajstić information content (AvgIpc) is 2.58. The van der Waals surface area contributed by atoms with Crippen LogP contribution in [0.25, 0.3) is 0 Å². The quantitative estimate of drug-likeness (QED) is 0.776. The van der Waals surface area contributed by atoms with E-state index in [1.54, 1.807) is 0 Å². The van der Waals surface area contributed by atoms with Crippen molar-refractivity contribution in [2.75, 3.05) is 6.61 Å². The van der Waals surface area contributed by atoms with Gasteiger partial charge < -0.3 is 4.74 Å². The minimum absolute atomic E-state index is 0.268. The molecule has 84 valence electrons. The number of hydrogen-bond acceptors (Lipinski definition) is 2. The van der Waals surface area contributed by atoms with Crippen molar-refractivity contribution < 1.29 is 9.53 Å². The highest BCUT2D eigenvalue weighted by molar-refractivity contribution is 6.00. The van der Waals surface area contributed by atoms with Crippen LogP contribution in [-0.2, 0) is 6.42 Å². The molecule has 0 radical (unpaired) electrons. The molecule has 0 N–H and O–H groups in total. The van der Waals surface area contributed by atoms with E-state index in [-0.39, 0.29) is 5.78 Å². The molecule has 3 rings (SSSR count). The van der Waals surface area contributed by atoms with Gasteiger partial charge in [0.15, 0.2) is 5.78 Å². The van der Waals surface area contributed by atoms with E-state index < -0.39 is 0 Å². The van der Waals surface area contributed by atoms with E-state index in [4.69, 9.17) is 4.74 Å². The molecular weight excluding hydrogens is 200 g/mol. The summed E-state index contributed by atoms with van der Waals surface area (Å²) >= 11 is 0. The molecule has 1 fully saturated rings. The van der Waals surface area contributed by atoms with Gasteiger partial charge in [-0.2, -0.15) is 0 Å². The Kier molecular flexibility index (Phi) is 2.43. The van der Waals surface area contributed by atoms with Crippen molar-refractivity contribution in [1.82, 2.24) is 0 Å². The Morgan fingerprint density at radius 1 is 1.25 bits per heavy atom. The lowest BCUT2D eigenvalue weighted by atomic mass is 9.86. The summed E-state index contributed by atoms with van der Waals surface area (Å²) in [6.45, 7) is 0.812. The predicted octanol–water partition coefficient (Wildman–Crippen LogP) is 2.99. The molecule has 2 aliphatic rings. The van der Waals surface area contributed by atoms with Gasteiger partial charge in [-0.15, -0.1) is 0 Å². The fraction of sp³-hybridized carbons (Fsp3) is 0.500. The van der Waals surface area contributed by atoms with E-state index >= 15 is 0 Å². The second kappa shape index (κ2) is 3.93. The van der Waals surface area contributed by atoms with Gasteiger partial charge in [0.05, 0.1) is 6.61 Å². The van der Waals surface area contributed by atoms with Crippen molar-refractivity contribution in [2.45, 2.75) is 32.1 Å². The number of Topliss-reactive ketones (excluding diaryl/α,β-unsaturated/α-hetero) is 1. The summed E-state index contributed by atoms with van der Waals surface area (Å²) < 4.78 is 5.73. The summed E-state index contributed by atoms with van der Waals surface area (Å²) in [6, 6.07) is 5.95. The first-order valence-corrected chi connectivity index (χ1v) is 6.12. The molecule has 0 amide bonds. The third kappa shape index (κ3) is 1.73. The Hall–Kier alpha value is -1.31. The molecule has 0 unspecified atom stereocenters. The van der Waals surface area contributed by atoms with Gasteiger partial charge in [0.1, 0.15) is 5.75 Å². The summed E-state index contributed by atoms with van der Waals surface area (Å²) in [5.41, 5.74) is 2.06. The maximum atomic E-state index is 11.6. The number of hydrogen-bond donors (Lipinski definition) is 0. The molecule has 2 heteroatoms. The molecule has 16 heavy (non-hydrogen) atoms. The van der Waals surface area contributed by atoms with Gasteiger partial charge >= 0.3 is 0 Å². The number of carbonyl (C=O) groups excluding carboxylic acids is 1. The highest BCUT2D eigenvalue weighted by atomic mass is 16.5. The number of fused-ring (bicyclic) bond motifs is 1. The van der Waals surface area contributed by atoms with Crippen molar-refractivity contribution in [1.29, 1.82) is 0 Å². The van der Waals surface area contributed by atoms with Crippen LogP contribution in [0, 0.1) is 5.92 Å². The molecule has 0 aliphatic heterocycles. The third-order valence-corrected chi connectivity index (χ3v) is 3.71. The highest BCUT2D eigenvalue weighted by Gasteiger charge is 2.21. The Morgan fingerprint density at radius 2 is 2.12 bits per heavy atom. The molecule has 0 bridgehead atoms. The van der Waals surface area contributed by atoms with Crippen molar-refractivity contribution in [3.05, 3.63) is 29.3 Å². The topological polar surface area (TPSA) is 26.3 Å². The molecule has 0 spiro atoms. The van der Waals surface area contributed by atoms with Crippen LogP contribution >= 0.6 is 0 Å². The molecule has 1 saturated carbocycles. The minimum atomic E-state index is 0.268. The lowest BCUT2D eigenvalue weighted by Gasteiger charge is -2.25. The van der Waals surface area contributed by atoms with E-state index in [0.29, 0.717) is 6.42 Å². The number of benzene rings is 1. The van der Waals surface area contributed by atoms with Crippen LogP contribution in [0.2, 0.25) is 0 Å². The summed E-state index contributed by atoms with van der Waals surface area (Å²) in [5, 5.41) is 0. The Balaban J connectivity index is 1.70. The fourth-order valence-electron chi connectivity index (χ4n) is 2.38.